The summed E-state index contributed by atoms with van der Waals surface area (Å²) in [7, 11) is 0. The van der Waals surface area contributed by atoms with Crippen molar-refractivity contribution in [2.24, 2.45) is 5.92 Å². The van der Waals surface area contributed by atoms with E-state index in [0.717, 1.165) is 12.0 Å². The Morgan fingerprint density at radius 1 is 1.41 bits per heavy atom. The average molecular weight is 231 g/mol. The molecule has 3 heteroatoms. The van der Waals surface area contributed by atoms with Gasteiger partial charge in [-0.05, 0) is 24.1 Å². The van der Waals surface area contributed by atoms with Gasteiger partial charge in [-0.1, -0.05) is 26.0 Å². The highest BCUT2D eigenvalue weighted by molar-refractivity contribution is 5.82. The Labute approximate surface area is 102 Å². The highest BCUT2D eigenvalue weighted by atomic mass is 16.5. The molecule has 1 atom stereocenters. The number of hydrogen-bond donors (Lipinski definition) is 0. The summed E-state index contributed by atoms with van der Waals surface area (Å²) in [6.45, 7) is 4.01. The molecule has 0 amide bonds. The quantitative estimate of drug-likeness (QED) is 0.756. The van der Waals surface area contributed by atoms with Crippen molar-refractivity contribution in [2.75, 3.05) is 6.61 Å². The number of rotatable bonds is 6. The van der Waals surface area contributed by atoms with Crippen molar-refractivity contribution in [2.45, 2.75) is 26.7 Å². The Hall–Kier alpha value is -1.82. The SMILES string of the molecule is CCC(C)C(=O)COc1ccc(CC#N)cc1. The van der Waals surface area contributed by atoms with Crippen LogP contribution in [0.1, 0.15) is 25.8 Å². The lowest BCUT2D eigenvalue weighted by Gasteiger charge is -2.09. The Morgan fingerprint density at radius 3 is 2.59 bits per heavy atom. The first-order valence-electron chi connectivity index (χ1n) is 5.78. The molecular weight excluding hydrogens is 214 g/mol. The lowest BCUT2D eigenvalue weighted by Crippen LogP contribution is -2.18. The van der Waals surface area contributed by atoms with Crippen molar-refractivity contribution in [1.82, 2.24) is 0 Å². The monoisotopic (exact) mass is 231 g/mol. The average Bonchev–Trinajstić information content (AvgIpc) is 2.37. The zero-order valence-corrected chi connectivity index (χ0v) is 10.3. The van der Waals surface area contributed by atoms with E-state index in [4.69, 9.17) is 10.00 Å². The van der Waals surface area contributed by atoms with Crippen LogP contribution in [0.25, 0.3) is 0 Å². The van der Waals surface area contributed by atoms with Crippen molar-refractivity contribution in [1.29, 1.82) is 5.26 Å². The van der Waals surface area contributed by atoms with Gasteiger partial charge >= 0.3 is 0 Å². The number of benzene rings is 1. The zero-order chi connectivity index (χ0) is 12.7. The molecule has 3 nitrogen and oxygen atoms in total. The predicted molar refractivity (Wildman–Crippen MR) is 65.7 cm³/mol. The van der Waals surface area contributed by atoms with E-state index >= 15 is 0 Å². The van der Waals surface area contributed by atoms with Crippen LogP contribution in [0.4, 0.5) is 0 Å². The van der Waals surface area contributed by atoms with Crippen LogP contribution in [-0.2, 0) is 11.2 Å². The molecule has 0 heterocycles. The van der Waals surface area contributed by atoms with Crippen molar-refractivity contribution >= 4 is 5.78 Å². The van der Waals surface area contributed by atoms with Crippen molar-refractivity contribution in [3.8, 4) is 11.8 Å². The zero-order valence-electron chi connectivity index (χ0n) is 10.3. The second kappa shape index (κ2) is 6.70. The molecule has 0 aromatic heterocycles. The molecule has 1 rings (SSSR count). The third-order valence-corrected chi connectivity index (χ3v) is 2.75. The molecule has 90 valence electrons. The molecule has 0 bridgehead atoms. The molecule has 1 aromatic rings. The minimum atomic E-state index is 0.0489. The summed E-state index contributed by atoms with van der Waals surface area (Å²) in [5.41, 5.74) is 0.952. The maximum atomic E-state index is 11.5. The summed E-state index contributed by atoms with van der Waals surface area (Å²) in [5.74, 6) is 0.838. The number of carbonyl (C=O) groups excluding carboxylic acids is 1. The number of Topliss-reactive ketones (excluding diaryl/α,β-unsaturated/α-hetero) is 1. The molecule has 0 spiro atoms. The Kier molecular flexibility index (Phi) is 5.22. The third-order valence-electron chi connectivity index (χ3n) is 2.75. The molecular formula is C14H17NO2. The molecule has 0 saturated carbocycles. The maximum absolute atomic E-state index is 11.5. The van der Waals surface area contributed by atoms with E-state index in [1.807, 2.05) is 26.0 Å². The fourth-order valence-corrected chi connectivity index (χ4v) is 1.32. The number of carbonyl (C=O) groups is 1. The molecule has 0 N–H and O–H groups in total. The van der Waals surface area contributed by atoms with E-state index < -0.39 is 0 Å². The van der Waals surface area contributed by atoms with Crippen LogP contribution < -0.4 is 4.74 Å². The van der Waals surface area contributed by atoms with Gasteiger partial charge in [-0.3, -0.25) is 4.79 Å². The van der Waals surface area contributed by atoms with Crippen molar-refractivity contribution in [3.05, 3.63) is 29.8 Å². The van der Waals surface area contributed by atoms with Gasteiger partial charge in [0.15, 0.2) is 5.78 Å². The number of ether oxygens (including phenoxy) is 1. The van der Waals surface area contributed by atoms with Crippen LogP contribution >= 0.6 is 0 Å². The van der Waals surface area contributed by atoms with E-state index in [1.165, 1.54) is 0 Å². The minimum absolute atomic E-state index is 0.0489. The second-order valence-electron chi connectivity index (χ2n) is 4.04. The minimum Gasteiger partial charge on any atom is -0.486 e. The summed E-state index contributed by atoms with van der Waals surface area (Å²) in [5, 5.41) is 8.53. The van der Waals surface area contributed by atoms with E-state index in [2.05, 4.69) is 6.07 Å². The lowest BCUT2D eigenvalue weighted by molar-refractivity contribution is -0.124. The largest absolute Gasteiger partial charge is 0.486 e. The molecule has 0 aliphatic rings. The molecule has 17 heavy (non-hydrogen) atoms. The summed E-state index contributed by atoms with van der Waals surface area (Å²) in [6.07, 6.45) is 1.23. The maximum Gasteiger partial charge on any atom is 0.172 e. The molecule has 1 aromatic carbocycles. The first-order valence-corrected chi connectivity index (χ1v) is 5.78. The van der Waals surface area contributed by atoms with E-state index in [9.17, 15) is 4.79 Å². The second-order valence-corrected chi connectivity index (χ2v) is 4.04. The molecule has 0 aliphatic heterocycles. The Bertz CT molecular complexity index is 403. The highest BCUT2D eigenvalue weighted by Crippen LogP contribution is 2.13. The fraction of sp³-hybridized carbons (Fsp3) is 0.429. The van der Waals surface area contributed by atoms with Crippen LogP contribution in [0.5, 0.6) is 5.75 Å². The lowest BCUT2D eigenvalue weighted by atomic mass is 10.0. The normalized spacial score (nSPS) is 11.6. The number of nitriles is 1. The van der Waals surface area contributed by atoms with Crippen molar-refractivity contribution < 1.29 is 9.53 Å². The number of ketones is 1. The van der Waals surface area contributed by atoms with Gasteiger partial charge < -0.3 is 4.74 Å². The smallest absolute Gasteiger partial charge is 0.172 e. The van der Waals surface area contributed by atoms with Gasteiger partial charge in [-0.2, -0.15) is 5.26 Å². The van der Waals surface area contributed by atoms with Gasteiger partial charge in [0.25, 0.3) is 0 Å². The third kappa shape index (κ3) is 4.28. The Balaban J connectivity index is 2.47. The number of hydrogen-bond acceptors (Lipinski definition) is 3. The van der Waals surface area contributed by atoms with E-state index in [0.29, 0.717) is 12.2 Å². The molecule has 0 saturated heterocycles. The predicted octanol–water partition coefficient (Wildman–Crippen LogP) is 2.75. The molecule has 0 aliphatic carbocycles. The first-order chi connectivity index (χ1) is 8.17. The Morgan fingerprint density at radius 2 is 2.06 bits per heavy atom. The topological polar surface area (TPSA) is 50.1 Å². The number of nitrogens with zero attached hydrogens (tertiary/aromatic N) is 1. The van der Waals surface area contributed by atoms with E-state index in [-0.39, 0.29) is 18.3 Å². The van der Waals surface area contributed by atoms with Gasteiger partial charge in [-0.25, -0.2) is 0 Å². The summed E-state index contributed by atoms with van der Waals surface area (Å²) in [6, 6.07) is 9.34. The van der Waals surface area contributed by atoms with Crippen LogP contribution in [0.15, 0.2) is 24.3 Å². The van der Waals surface area contributed by atoms with Gasteiger partial charge in [0.05, 0.1) is 12.5 Å². The van der Waals surface area contributed by atoms with Crippen LogP contribution in [0.2, 0.25) is 0 Å². The molecule has 1 unspecified atom stereocenters. The van der Waals surface area contributed by atoms with Crippen LogP contribution in [0.3, 0.4) is 0 Å². The molecule has 0 fully saturated rings. The summed E-state index contributed by atoms with van der Waals surface area (Å²) < 4.78 is 5.39. The van der Waals surface area contributed by atoms with Crippen LogP contribution in [-0.4, -0.2) is 12.4 Å². The highest BCUT2D eigenvalue weighted by Gasteiger charge is 2.10. The van der Waals surface area contributed by atoms with Gasteiger partial charge in [0, 0.05) is 5.92 Å². The molecule has 0 radical (unpaired) electrons. The van der Waals surface area contributed by atoms with Crippen molar-refractivity contribution in [3.63, 3.8) is 0 Å². The summed E-state index contributed by atoms with van der Waals surface area (Å²) >= 11 is 0. The first kappa shape index (κ1) is 13.2. The van der Waals surface area contributed by atoms with Crippen LogP contribution in [0, 0.1) is 17.2 Å². The van der Waals surface area contributed by atoms with Gasteiger partial charge in [0.2, 0.25) is 0 Å². The fourth-order valence-electron chi connectivity index (χ4n) is 1.32. The van der Waals surface area contributed by atoms with E-state index in [1.54, 1.807) is 12.1 Å². The summed E-state index contributed by atoms with van der Waals surface area (Å²) in [4.78, 5) is 11.5. The van der Waals surface area contributed by atoms with Gasteiger partial charge in [0.1, 0.15) is 12.4 Å². The standard InChI is InChI=1S/C14H17NO2/c1-3-11(2)14(16)10-17-13-6-4-12(5-7-13)8-9-15/h4-7,11H,3,8,10H2,1-2H3. The van der Waals surface area contributed by atoms with Gasteiger partial charge in [-0.15, -0.1) is 0 Å².